The molecule has 6 nitrogen and oxygen atoms in total. The van der Waals surface area contributed by atoms with E-state index in [4.69, 9.17) is 5.73 Å². The van der Waals surface area contributed by atoms with Crippen LogP contribution in [0.15, 0.2) is 5.38 Å². The lowest BCUT2D eigenvalue weighted by atomic mass is 10.1. The summed E-state index contributed by atoms with van der Waals surface area (Å²) in [6.07, 6.45) is 1.86. The van der Waals surface area contributed by atoms with E-state index in [0.717, 1.165) is 25.9 Å². The van der Waals surface area contributed by atoms with Crippen molar-refractivity contribution < 1.29 is 9.59 Å². The summed E-state index contributed by atoms with van der Waals surface area (Å²) in [5, 5.41) is 4.85. The number of carbonyl (C=O) groups excluding carboxylic acids is 2. The van der Waals surface area contributed by atoms with Crippen molar-refractivity contribution in [1.29, 1.82) is 0 Å². The zero-order valence-corrected chi connectivity index (χ0v) is 11.7. The Morgan fingerprint density at radius 2 is 2.21 bits per heavy atom. The summed E-state index contributed by atoms with van der Waals surface area (Å²) in [5.74, 6) is -0.193. The number of piperidine rings is 1. The summed E-state index contributed by atoms with van der Waals surface area (Å²) >= 11 is 1.27. The van der Waals surface area contributed by atoms with Gasteiger partial charge in [-0.1, -0.05) is 0 Å². The van der Waals surface area contributed by atoms with Crippen LogP contribution in [0.4, 0.5) is 5.13 Å². The molecule has 1 fully saturated rings. The molecule has 0 saturated carbocycles. The molecule has 2 rings (SSSR count). The van der Waals surface area contributed by atoms with Gasteiger partial charge < -0.3 is 11.1 Å². The van der Waals surface area contributed by atoms with Crippen molar-refractivity contribution in [2.75, 3.05) is 25.0 Å². The molecular weight excluding hydrogens is 264 g/mol. The fourth-order valence-electron chi connectivity index (χ4n) is 1.97. The molecule has 1 aliphatic rings. The molecule has 0 atom stereocenters. The third kappa shape index (κ3) is 4.09. The predicted octanol–water partition coefficient (Wildman–Crippen LogP) is 0.707. The zero-order valence-electron chi connectivity index (χ0n) is 10.9. The maximum absolute atomic E-state index is 11.8. The first kappa shape index (κ1) is 14.1. The smallest absolute Gasteiger partial charge is 0.240 e. The topological polar surface area (TPSA) is 88.3 Å². The summed E-state index contributed by atoms with van der Waals surface area (Å²) in [6, 6.07) is 0.261. The van der Waals surface area contributed by atoms with Gasteiger partial charge in [0.25, 0.3) is 0 Å². The summed E-state index contributed by atoms with van der Waals surface area (Å²) in [7, 11) is 0. The van der Waals surface area contributed by atoms with Gasteiger partial charge in [0.1, 0.15) is 5.69 Å². The first-order valence-electron chi connectivity index (χ1n) is 6.29. The van der Waals surface area contributed by atoms with Crippen LogP contribution in [-0.4, -0.2) is 47.3 Å². The third-order valence-corrected chi connectivity index (χ3v) is 3.87. The maximum atomic E-state index is 11.8. The Balaban J connectivity index is 1.82. The lowest BCUT2D eigenvalue weighted by Crippen LogP contribution is -2.43. The molecule has 104 valence electrons. The molecule has 2 heterocycles. The highest BCUT2D eigenvalue weighted by molar-refractivity contribution is 7.14. The molecule has 19 heavy (non-hydrogen) atoms. The van der Waals surface area contributed by atoms with Crippen LogP contribution in [0.2, 0.25) is 0 Å². The van der Waals surface area contributed by atoms with Gasteiger partial charge in [-0.2, -0.15) is 0 Å². The van der Waals surface area contributed by atoms with E-state index in [1.54, 1.807) is 5.38 Å². The highest BCUT2D eigenvalue weighted by Crippen LogP contribution is 2.16. The molecule has 0 spiro atoms. The van der Waals surface area contributed by atoms with Gasteiger partial charge in [-0.15, -0.1) is 11.3 Å². The van der Waals surface area contributed by atoms with Crippen molar-refractivity contribution in [2.45, 2.75) is 25.8 Å². The lowest BCUT2D eigenvalue weighted by molar-refractivity contribution is -0.117. The van der Waals surface area contributed by atoms with Crippen molar-refractivity contribution in [3.8, 4) is 0 Å². The number of aromatic nitrogens is 1. The lowest BCUT2D eigenvalue weighted by Gasteiger charge is -2.29. The molecule has 0 aliphatic carbocycles. The minimum Gasteiger partial charge on any atom is -0.328 e. The number of rotatable bonds is 4. The Labute approximate surface area is 116 Å². The second-order valence-electron chi connectivity index (χ2n) is 4.76. The van der Waals surface area contributed by atoms with Crippen molar-refractivity contribution in [3.05, 3.63) is 11.1 Å². The molecule has 0 bridgehead atoms. The molecule has 0 aromatic carbocycles. The van der Waals surface area contributed by atoms with Crippen LogP contribution in [-0.2, 0) is 4.79 Å². The van der Waals surface area contributed by atoms with Crippen LogP contribution in [0, 0.1) is 0 Å². The monoisotopic (exact) mass is 282 g/mol. The number of carbonyl (C=O) groups is 2. The number of hydrogen-bond acceptors (Lipinski definition) is 6. The standard InChI is InChI=1S/C12H18N4O2S/c1-8(17)10-7-19-12(14-10)15-11(18)6-16-4-2-9(13)3-5-16/h7,9H,2-6,13H2,1H3,(H,14,15,18). The quantitative estimate of drug-likeness (QED) is 0.794. The average molecular weight is 282 g/mol. The highest BCUT2D eigenvalue weighted by atomic mass is 32.1. The van der Waals surface area contributed by atoms with Crippen LogP contribution in [0.1, 0.15) is 30.3 Å². The van der Waals surface area contributed by atoms with Gasteiger partial charge in [-0.3, -0.25) is 14.5 Å². The Kier molecular flexibility index (Phi) is 4.62. The predicted molar refractivity (Wildman–Crippen MR) is 74.4 cm³/mol. The number of nitrogens with zero attached hydrogens (tertiary/aromatic N) is 2. The van der Waals surface area contributed by atoms with E-state index in [-0.39, 0.29) is 17.7 Å². The first-order valence-corrected chi connectivity index (χ1v) is 7.17. The van der Waals surface area contributed by atoms with E-state index < -0.39 is 0 Å². The second-order valence-corrected chi connectivity index (χ2v) is 5.61. The highest BCUT2D eigenvalue weighted by Gasteiger charge is 2.18. The van der Waals surface area contributed by atoms with Gasteiger partial charge in [0.2, 0.25) is 5.91 Å². The van der Waals surface area contributed by atoms with Crippen LogP contribution in [0.25, 0.3) is 0 Å². The Morgan fingerprint density at radius 3 is 2.79 bits per heavy atom. The van der Waals surface area contributed by atoms with Crippen LogP contribution < -0.4 is 11.1 Å². The van der Waals surface area contributed by atoms with E-state index in [0.29, 0.717) is 17.4 Å². The number of nitrogens with one attached hydrogen (secondary N) is 1. The molecule has 1 saturated heterocycles. The van der Waals surface area contributed by atoms with Crippen molar-refractivity contribution in [3.63, 3.8) is 0 Å². The fraction of sp³-hybridized carbons (Fsp3) is 0.583. The molecule has 7 heteroatoms. The zero-order chi connectivity index (χ0) is 13.8. The van der Waals surface area contributed by atoms with E-state index >= 15 is 0 Å². The van der Waals surface area contributed by atoms with Gasteiger partial charge in [-0.25, -0.2) is 4.98 Å². The average Bonchev–Trinajstić information content (AvgIpc) is 2.80. The molecule has 1 aromatic heterocycles. The maximum Gasteiger partial charge on any atom is 0.240 e. The second kappa shape index (κ2) is 6.23. The van der Waals surface area contributed by atoms with Crippen LogP contribution in [0.5, 0.6) is 0 Å². The molecular formula is C12H18N4O2S. The number of amides is 1. The molecule has 1 aromatic rings. The van der Waals surface area contributed by atoms with E-state index in [1.165, 1.54) is 18.3 Å². The summed E-state index contributed by atoms with van der Waals surface area (Å²) in [6.45, 7) is 3.51. The van der Waals surface area contributed by atoms with Crippen LogP contribution >= 0.6 is 11.3 Å². The number of Topliss-reactive ketones (excluding diaryl/α,β-unsaturated/α-hetero) is 1. The Hall–Kier alpha value is -1.31. The van der Waals surface area contributed by atoms with Gasteiger partial charge in [-0.05, 0) is 12.8 Å². The molecule has 0 unspecified atom stereocenters. The number of ketones is 1. The van der Waals surface area contributed by atoms with Gasteiger partial charge in [0.15, 0.2) is 10.9 Å². The normalized spacial score (nSPS) is 17.4. The van der Waals surface area contributed by atoms with Crippen molar-refractivity contribution in [2.24, 2.45) is 5.73 Å². The van der Waals surface area contributed by atoms with E-state index in [9.17, 15) is 9.59 Å². The first-order chi connectivity index (χ1) is 9.04. The number of anilines is 1. The summed E-state index contributed by atoms with van der Waals surface area (Å²) in [4.78, 5) is 29.1. The minimum atomic E-state index is -0.0973. The molecule has 1 amide bonds. The number of hydrogen-bond donors (Lipinski definition) is 2. The minimum absolute atomic E-state index is 0.0956. The van der Waals surface area contributed by atoms with Gasteiger partial charge in [0.05, 0.1) is 6.54 Å². The third-order valence-electron chi connectivity index (χ3n) is 3.11. The van der Waals surface area contributed by atoms with Gasteiger partial charge >= 0.3 is 0 Å². The molecule has 3 N–H and O–H groups in total. The fourth-order valence-corrected chi connectivity index (χ4v) is 2.73. The van der Waals surface area contributed by atoms with Crippen molar-refractivity contribution in [1.82, 2.24) is 9.88 Å². The largest absolute Gasteiger partial charge is 0.328 e. The summed E-state index contributed by atoms with van der Waals surface area (Å²) < 4.78 is 0. The number of likely N-dealkylation sites (tertiary alicyclic amines) is 1. The Morgan fingerprint density at radius 1 is 1.53 bits per heavy atom. The van der Waals surface area contributed by atoms with E-state index in [2.05, 4.69) is 15.2 Å². The Bertz CT molecular complexity index is 466. The molecule has 0 radical (unpaired) electrons. The molecule has 1 aliphatic heterocycles. The number of thiazole rings is 1. The van der Waals surface area contributed by atoms with Gasteiger partial charge in [0, 0.05) is 31.4 Å². The van der Waals surface area contributed by atoms with Crippen molar-refractivity contribution >= 4 is 28.2 Å². The van der Waals surface area contributed by atoms with E-state index in [1.807, 2.05) is 0 Å². The SMILES string of the molecule is CC(=O)c1csc(NC(=O)CN2CCC(N)CC2)n1. The van der Waals surface area contributed by atoms with Crippen LogP contribution in [0.3, 0.4) is 0 Å². The summed E-state index contributed by atoms with van der Waals surface area (Å²) in [5.41, 5.74) is 6.21. The number of nitrogens with two attached hydrogens (primary N) is 1.